The number of nitrogens with zero attached hydrogens (tertiary/aromatic N) is 2. The number of halogens is 1. The van der Waals surface area contributed by atoms with E-state index in [2.05, 4.69) is 10.4 Å². The molecule has 0 aliphatic carbocycles. The largest absolute Gasteiger partial charge is 0.484 e. The highest BCUT2D eigenvalue weighted by atomic mass is 32.2. The van der Waals surface area contributed by atoms with Crippen molar-refractivity contribution in [3.05, 3.63) is 59.5 Å². The number of amides is 1. The molecule has 2 aromatic carbocycles. The number of aromatic nitrogens is 2. The number of aryl methyl sites for hydroxylation is 1. The van der Waals surface area contributed by atoms with Crippen molar-refractivity contribution < 1.29 is 32.2 Å². The topological polar surface area (TPSA) is 120 Å². The Kier molecular flexibility index (Phi) is 5.62. The molecule has 2 N–H and O–H groups in total. The third-order valence-corrected chi connectivity index (χ3v) is 6.29. The summed E-state index contributed by atoms with van der Waals surface area (Å²) in [7, 11) is -2.02. The molecular weight excluding hydrogens is 453 g/mol. The van der Waals surface area contributed by atoms with Crippen LogP contribution in [0.1, 0.15) is 22.8 Å². The first-order valence-electron chi connectivity index (χ1n) is 9.93. The number of carbonyl (C=O) groups is 1. The maximum atomic E-state index is 13.9. The predicted molar refractivity (Wildman–Crippen MR) is 117 cm³/mol. The first-order valence-corrected chi connectivity index (χ1v) is 11.8. The van der Waals surface area contributed by atoms with E-state index in [-0.39, 0.29) is 35.0 Å². The van der Waals surface area contributed by atoms with Crippen molar-refractivity contribution in [1.82, 2.24) is 9.78 Å². The summed E-state index contributed by atoms with van der Waals surface area (Å²) in [5.41, 5.74) is -0.295. The molecule has 11 heteroatoms. The Hall–Kier alpha value is -3.44. The summed E-state index contributed by atoms with van der Waals surface area (Å²) < 4.78 is 51.6. The van der Waals surface area contributed by atoms with E-state index >= 15 is 0 Å². The number of rotatable bonds is 6. The summed E-state index contributed by atoms with van der Waals surface area (Å²) in [6.07, 6.45) is 2.89. The number of aliphatic hydroxyl groups is 1. The Morgan fingerprint density at radius 2 is 2.06 bits per heavy atom. The molecule has 1 atom stereocenters. The second-order valence-corrected chi connectivity index (χ2v) is 10.1. The van der Waals surface area contributed by atoms with Gasteiger partial charge in [-0.05, 0) is 31.2 Å². The zero-order valence-electron chi connectivity index (χ0n) is 18.1. The summed E-state index contributed by atoms with van der Waals surface area (Å²) >= 11 is 0. The van der Waals surface area contributed by atoms with Crippen molar-refractivity contribution in [3.8, 4) is 17.2 Å². The molecule has 1 aliphatic rings. The molecule has 0 radical (unpaired) electrons. The highest BCUT2D eigenvalue weighted by Crippen LogP contribution is 2.44. The Balaban J connectivity index is 1.78. The SMILES string of the molecule is Cn1ccc(NC(=O)c2cc(Oc3cc(F)ccc3S(C)(=O)=O)c3c(c2)OC(C)(CO)C3)n1. The Labute approximate surface area is 189 Å². The minimum atomic E-state index is -3.73. The molecule has 2 heterocycles. The lowest BCUT2D eigenvalue weighted by molar-refractivity contribution is 0.0445. The van der Waals surface area contributed by atoms with Crippen LogP contribution >= 0.6 is 0 Å². The van der Waals surface area contributed by atoms with Gasteiger partial charge in [-0.25, -0.2) is 12.8 Å². The fourth-order valence-corrected chi connectivity index (χ4v) is 4.31. The minimum Gasteiger partial charge on any atom is -0.484 e. The monoisotopic (exact) mass is 475 g/mol. The van der Waals surface area contributed by atoms with Gasteiger partial charge in [0.15, 0.2) is 15.7 Å². The van der Waals surface area contributed by atoms with Crippen LogP contribution in [-0.2, 0) is 23.3 Å². The molecule has 3 aromatic rings. The van der Waals surface area contributed by atoms with Gasteiger partial charge < -0.3 is 19.9 Å². The first-order chi connectivity index (χ1) is 15.5. The average Bonchev–Trinajstić information content (AvgIpc) is 3.29. The van der Waals surface area contributed by atoms with Crippen LogP contribution in [0.25, 0.3) is 0 Å². The van der Waals surface area contributed by atoms with E-state index in [1.807, 2.05) is 0 Å². The normalized spacial score (nSPS) is 17.4. The van der Waals surface area contributed by atoms with Crippen molar-refractivity contribution >= 4 is 21.6 Å². The molecule has 0 fully saturated rings. The molecule has 174 valence electrons. The van der Waals surface area contributed by atoms with E-state index in [4.69, 9.17) is 9.47 Å². The Bertz CT molecular complexity index is 1350. The van der Waals surface area contributed by atoms with Crippen molar-refractivity contribution in [1.29, 1.82) is 0 Å². The number of ether oxygens (including phenoxy) is 2. The van der Waals surface area contributed by atoms with Gasteiger partial charge in [0, 0.05) is 49.2 Å². The quantitative estimate of drug-likeness (QED) is 0.526. The molecule has 33 heavy (non-hydrogen) atoms. The summed E-state index contributed by atoms with van der Waals surface area (Å²) in [5.74, 6) is -0.672. The number of fused-ring (bicyclic) bond motifs is 1. The lowest BCUT2D eigenvalue weighted by Crippen LogP contribution is -2.34. The van der Waals surface area contributed by atoms with Gasteiger partial charge in [0.25, 0.3) is 5.91 Å². The van der Waals surface area contributed by atoms with E-state index in [0.29, 0.717) is 17.1 Å². The molecule has 4 rings (SSSR count). The molecule has 0 saturated carbocycles. The van der Waals surface area contributed by atoms with E-state index in [0.717, 1.165) is 24.5 Å². The van der Waals surface area contributed by atoms with Crippen LogP contribution in [0.15, 0.2) is 47.5 Å². The molecule has 1 aliphatic heterocycles. The first kappa shape index (κ1) is 22.7. The molecule has 0 spiro atoms. The van der Waals surface area contributed by atoms with E-state index in [1.54, 1.807) is 26.2 Å². The van der Waals surface area contributed by atoms with E-state index in [9.17, 15) is 22.7 Å². The van der Waals surface area contributed by atoms with Crippen LogP contribution in [0, 0.1) is 5.82 Å². The van der Waals surface area contributed by atoms with Crippen LogP contribution < -0.4 is 14.8 Å². The zero-order chi connectivity index (χ0) is 24.0. The fourth-order valence-electron chi connectivity index (χ4n) is 3.53. The van der Waals surface area contributed by atoms with Gasteiger partial charge in [-0.3, -0.25) is 9.48 Å². The molecule has 1 amide bonds. The number of hydrogen-bond acceptors (Lipinski definition) is 7. The van der Waals surface area contributed by atoms with Crippen LogP contribution in [0.3, 0.4) is 0 Å². The van der Waals surface area contributed by atoms with E-state index < -0.39 is 27.2 Å². The number of anilines is 1. The van der Waals surface area contributed by atoms with Gasteiger partial charge in [0.2, 0.25) is 0 Å². The summed E-state index contributed by atoms with van der Waals surface area (Å²) in [4.78, 5) is 12.7. The Morgan fingerprint density at radius 1 is 1.30 bits per heavy atom. The van der Waals surface area contributed by atoms with Crippen molar-refractivity contribution in [2.45, 2.75) is 23.8 Å². The van der Waals surface area contributed by atoms with Gasteiger partial charge >= 0.3 is 0 Å². The van der Waals surface area contributed by atoms with Crippen molar-refractivity contribution in [3.63, 3.8) is 0 Å². The molecule has 1 unspecified atom stereocenters. The molecule has 0 saturated heterocycles. The summed E-state index contributed by atoms with van der Waals surface area (Å²) in [6, 6.07) is 7.64. The zero-order valence-corrected chi connectivity index (χ0v) is 18.9. The third kappa shape index (κ3) is 4.69. The maximum absolute atomic E-state index is 13.9. The van der Waals surface area contributed by atoms with Gasteiger partial charge in [0.1, 0.15) is 33.6 Å². The lowest BCUT2D eigenvalue weighted by atomic mass is 9.98. The number of nitrogens with one attached hydrogen (secondary N) is 1. The molecular formula is C22H22FN3O6S. The maximum Gasteiger partial charge on any atom is 0.257 e. The van der Waals surface area contributed by atoms with Gasteiger partial charge in [-0.2, -0.15) is 5.10 Å². The smallest absolute Gasteiger partial charge is 0.257 e. The van der Waals surface area contributed by atoms with Gasteiger partial charge in [0.05, 0.1) is 6.61 Å². The fraction of sp³-hybridized carbons (Fsp3) is 0.273. The lowest BCUT2D eigenvalue weighted by Gasteiger charge is -2.20. The highest BCUT2D eigenvalue weighted by Gasteiger charge is 2.37. The summed E-state index contributed by atoms with van der Waals surface area (Å²) in [5, 5.41) is 16.5. The van der Waals surface area contributed by atoms with Crippen LogP contribution in [0.5, 0.6) is 17.2 Å². The number of carbonyl (C=O) groups excluding carboxylic acids is 1. The number of sulfone groups is 1. The molecule has 9 nitrogen and oxygen atoms in total. The van der Waals surface area contributed by atoms with Crippen LogP contribution in [-0.4, -0.2) is 47.7 Å². The van der Waals surface area contributed by atoms with E-state index in [1.165, 1.54) is 16.8 Å². The van der Waals surface area contributed by atoms with Crippen molar-refractivity contribution in [2.24, 2.45) is 7.05 Å². The average molecular weight is 475 g/mol. The standard InChI is InChI=1S/C22H22FN3O6S/c1-22(12-27)11-15-16(31-18-10-14(23)4-5-19(18)33(3,29)30)8-13(9-17(15)32-22)21(28)24-20-6-7-26(2)25-20/h4-10,27H,11-12H2,1-3H3,(H,24,25,28). The van der Waals surface area contributed by atoms with Gasteiger partial charge in [-0.15, -0.1) is 0 Å². The summed E-state index contributed by atoms with van der Waals surface area (Å²) in [6.45, 7) is 1.39. The highest BCUT2D eigenvalue weighted by molar-refractivity contribution is 7.90. The number of hydrogen-bond donors (Lipinski definition) is 2. The predicted octanol–water partition coefficient (Wildman–Crippen LogP) is 2.69. The van der Waals surface area contributed by atoms with Crippen LogP contribution in [0.4, 0.5) is 10.2 Å². The minimum absolute atomic E-state index is 0.117. The molecule has 0 bridgehead atoms. The second-order valence-electron chi connectivity index (χ2n) is 8.13. The molecule has 1 aromatic heterocycles. The van der Waals surface area contributed by atoms with Crippen molar-refractivity contribution in [2.75, 3.05) is 18.2 Å². The second kappa shape index (κ2) is 8.16. The third-order valence-electron chi connectivity index (χ3n) is 5.15. The number of aliphatic hydroxyl groups excluding tert-OH is 1. The van der Waals surface area contributed by atoms with Gasteiger partial charge in [-0.1, -0.05) is 0 Å². The number of benzene rings is 2. The Morgan fingerprint density at radius 3 is 2.70 bits per heavy atom. The van der Waals surface area contributed by atoms with Crippen LogP contribution in [0.2, 0.25) is 0 Å².